The van der Waals surface area contributed by atoms with Gasteiger partial charge in [-0.15, -0.1) is 0 Å². The summed E-state index contributed by atoms with van der Waals surface area (Å²) in [6.07, 6.45) is 2.23. The van der Waals surface area contributed by atoms with E-state index in [0.29, 0.717) is 5.95 Å². The van der Waals surface area contributed by atoms with E-state index in [-0.39, 0.29) is 24.6 Å². The third-order valence-electron chi connectivity index (χ3n) is 5.01. The van der Waals surface area contributed by atoms with Gasteiger partial charge in [0, 0.05) is 7.11 Å². The zero-order chi connectivity index (χ0) is 18.8. The predicted molar refractivity (Wildman–Crippen MR) is 103 cm³/mol. The first kappa shape index (κ1) is 17.4. The average Bonchev–Trinajstić information content (AvgIpc) is 3.18. The van der Waals surface area contributed by atoms with Crippen molar-refractivity contribution in [2.45, 2.75) is 25.4 Å². The molecule has 2 heterocycles. The minimum Gasteiger partial charge on any atom is -0.375 e. The first-order valence-electron chi connectivity index (χ1n) is 9.01. The minimum absolute atomic E-state index is 0.00518. The lowest BCUT2D eigenvalue weighted by Gasteiger charge is -2.39. The Hall–Kier alpha value is -2.99. The summed E-state index contributed by atoms with van der Waals surface area (Å²) < 4.78 is 6.96. The number of anilines is 1. The molecule has 0 saturated carbocycles. The molecule has 0 aliphatic carbocycles. The molecule has 0 radical (unpaired) electrons. The van der Waals surface area contributed by atoms with Gasteiger partial charge in [0.2, 0.25) is 5.95 Å². The lowest BCUT2D eigenvalue weighted by Crippen LogP contribution is -2.44. The Balaban J connectivity index is 1.82. The SMILES string of the molecule is COCC(=O)N1c2ncnn2C(c2ccccc2)CC1c1ccc(C)cc1. The second-order valence-electron chi connectivity index (χ2n) is 6.79. The van der Waals surface area contributed by atoms with Gasteiger partial charge < -0.3 is 4.74 Å². The normalized spacial score (nSPS) is 19.0. The van der Waals surface area contributed by atoms with Gasteiger partial charge in [-0.25, -0.2) is 4.68 Å². The van der Waals surface area contributed by atoms with E-state index >= 15 is 0 Å². The molecule has 6 heteroatoms. The number of aryl methyl sites for hydroxylation is 1. The van der Waals surface area contributed by atoms with Gasteiger partial charge in [-0.05, 0) is 24.5 Å². The van der Waals surface area contributed by atoms with Gasteiger partial charge in [-0.2, -0.15) is 10.1 Å². The molecule has 2 unspecified atom stereocenters. The fourth-order valence-electron chi connectivity index (χ4n) is 3.70. The van der Waals surface area contributed by atoms with E-state index in [0.717, 1.165) is 17.5 Å². The number of carbonyl (C=O) groups excluding carboxylic acids is 1. The maximum Gasteiger partial charge on any atom is 0.255 e. The molecule has 138 valence electrons. The highest BCUT2D eigenvalue weighted by molar-refractivity contribution is 5.93. The van der Waals surface area contributed by atoms with Crippen LogP contribution in [-0.4, -0.2) is 34.4 Å². The van der Waals surface area contributed by atoms with Crippen molar-refractivity contribution in [2.24, 2.45) is 0 Å². The van der Waals surface area contributed by atoms with Crippen molar-refractivity contribution in [1.82, 2.24) is 14.8 Å². The number of hydrogen-bond donors (Lipinski definition) is 0. The standard InChI is InChI=1S/C21H22N4O2/c1-15-8-10-17(11-9-15)18-12-19(16-6-4-3-5-7-16)25-21(22-14-23-25)24(18)20(26)13-27-2/h3-11,14,18-19H,12-13H2,1-2H3. The molecule has 6 nitrogen and oxygen atoms in total. The van der Waals surface area contributed by atoms with Gasteiger partial charge in [-0.3, -0.25) is 9.69 Å². The summed E-state index contributed by atoms with van der Waals surface area (Å²) in [5, 5.41) is 4.42. The molecule has 2 aromatic carbocycles. The second kappa shape index (κ2) is 7.32. The number of aromatic nitrogens is 3. The van der Waals surface area contributed by atoms with E-state index in [1.807, 2.05) is 22.9 Å². The third kappa shape index (κ3) is 3.24. The summed E-state index contributed by atoms with van der Waals surface area (Å²) in [5.74, 6) is 0.437. The van der Waals surface area contributed by atoms with E-state index in [1.54, 1.807) is 4.90 Å². The molecule has 4 rings (SSSR count). The summed E-state index contributed by atoms with van der Waals surface area (Å²) in [6, 6.07) is 18.4. The highest BCUT2D eigenvalue weighted by Gasteiger charge is 2.39. The molecule has 1 aliphatic heterocycles. The number of benzene rings is 2. The molecular weight excluding hydrogens is 340 g/mol. The number of hydrogen-bond acceptors (Lipinski definition) is 4. The Labute approximate surface area is 158 Å². The van der Waals surface area contributed by atoms with E-state index in [9.17, 15) is 4.79 Å². The first-order valence-corrected chi connectivity index (χ1v) is 9.01. The molecule has 1 aliphatic rings. The fourth-order valence-corrected chi connectivity index (χ4v) is 3.70. The Morgan fingerprint density at radius 2 is 1.78 bits per heavy atom. The number of ether oxygens (including phenoxy) is 1. The predicted octanol–water partition coefficient (Wildman–Crippen LogP) is 3.30. The fraction of sp³-hybridized carbons (Fsp3) is 0.286. The molecule has 1 amide bonds. The van der Waals surface area contributed by atoms with Crippen molar-refractivity contribution < 1.29 is 9.53 Å². The van der Waals surface area contributed by atoms with Crippen LogP contribution in [0.5, 0.6) is 0 Å². The van der Waals surface area contributed by atoms with E-state index in [2.05, 4.69) is 53.4 Å². The number of carbonyl (C=O) groups is 1. The number of methoxy groups -OCH3 is 1. The summed E-state index contributed by atoms with van der Waals surface area (Å²) in [7, 11) is 1.53. The minimum atomic E-state index is -0.129. The summed E-state index contributed by atoms with van der Waals surface area (Å²) >= 11 is 0. The van der Waals surface area contributed by atoms with Crippen LogP contribution in [0.4, 0.5) is 5.95 Å². The molecule has 0 N–H and O–H groups in total. The quantitative estimate of drug-likeness (QED) is 0.714. The van der Waals surface area contributed by atoms with E-state index in [1.165, 1.54) is 19.0 Å². The Bertz CT molecular complexity index is 921. The van der Waals surface area contributed by atoms with Crippen molar-refractivity contribution in [3.8, 4) is 0 Å². The van der Waals surface area contributed by atoms with Gasteiger partial charge in [0.25, 0.3) is 5.91 Å². The van der Waals surface area contributed by atoms with Crippen LogP contribution in [0.1, 0.15) is 35.2 Å². The maximum absolute atomic E-state index is 12.9. The summed E-state index contributed by atoms with van der Waals surface area (Å²) in [4.78, 5) is 19.0. The summed E-state index contributed by atoms with van der Waals surface area (Å²) in [5.41, 5.74) is 3.42. The Morgan fingerprint density at radius 1 is 1.07 bits per heavy atom. The van der Waals surface area contributed by atoms with Crippen LogP contribution in [-0.2, 0) is 9.53 Å². The lowest BCUT2D eigenvalue weighted by molar-refractivity contribution is -0.123. The molecule has 27 heavy (non-hydrogen) atoms. The van der Waals surface area contributed by atoms with Crippen LogP contribution >= 0.6 is 0 Å². The van der Waals surface area contributed by atoms with Crippen LogP contribution in [0.3, 0.4) is 0 Å². The van der Waals surface area contributed by atoms with Crippen LogP contribution in [0, 0.1) is 6.92 Å². The Morgan fingerprint density at radius 3 is 2.48 bits per heavy atom. The van der Waals surface area contributed by atoms with Crippen LogP contribution in [0.25, 0.3) is 0 Å². The van der Waals surface area contributed by atoms with Crippen molar-refractivity contribution in [3.05, 3.63) is 77.6 Å². The molecule has 2 atom stereocenters. The zero-order valence-electron chi connectivity index (χ0n) is 15.4. The zero-order valence-corrected chi connectivity index (χ0v) is 15.4. The van der Waals surface area contributed by atoms with Crippen molar-refractivity contribution >= 4 is 11.9 Å². The van der Waals surface area contributed by atoms with Crippen LogP contribution in [0.2, 0.25) is 0 Å². The second-order valence-corrected chi connectivity index (χ2v) is 6.79. The maximum atomic E-state index is 12.9. The molecular formula is C21H22N4O2. The van der Waals surface area contributed by atoms with E-state index in [4.69, 9.17) is 4.74 Å². The van der Waals surface area contributed by atoms with Crippen molar-refractivity contribution in [3.63, 3.8) is 0 Å². The van der Waals surface area contributed by atoms with Crippen molar-refractivity contribution in [2.75, 3.05) is 18.6 Å². The molecule has 0 spiro atoms. The van der Waals surface area contributed by atoms with Crippen LogP contribution in [0.15, 0.2) is 60.9 Å². The van der Waals surface area contributed by atoms with E-state index < -0.39 is 0 Å². The van der Waals surface area contributed by atoms with Gasteiger partial charge in [-0.1, -0.05) is 60.2 Å². The molecule has 1 aromatic heterocycles. The van der Waals surface area contributed by atoms with Gasteiger partial charge >= 0.3 is 0 Å². The number of fused-ring (bicyclic) bond motifs is 1. The number of rotatable bonds is 4. The lowest BCUT2D eigenvalue weighted by atomic mass is 9.91. The number of amides is 1. The molecule has 0 fully saturated rings. The largest absolute Gasteiger partial charge is 0.375 e. The highest BCUT2D eigenvalue weighted by Crippen LogP contribution is 2.41. The van der Waals surface area contributed by atoms with Crippen LogP contribution < -0.4 is 4.90 Å². The average molecular weight is 362 g/mol. The monoisotopic (exact) mass is 362 g/mol. The molecule has 0 bridgehead atoms. The third-order valence-corrected chi connectivity index (χ3v) is 5.01. The Kier molecular flexibility index (Phi) is 4.73. The van der Waals surface area contributed by atoms with Gasteiger partial charge in [0.15, 0.2) is 0 Å². The topological polar surface area (TPSA) is 60.2 Å². The van der Waals surface area contributed by atoms with Gasteiger partial charge in [0.05, 0.1) is 12.1 Å². The summed E-state index contributed by atoms with van der Waals surface area (Å²) in [6.45, 7) is 2.06. The smallest absolute Gasteiger partial charge is 0.255 e. The van der Waals surface area contributed by atoms with Crippen molar-refractivity contribution in [1.29, 1.82) is 0 Å². The molecule has 3 aromatic rings. The highest BCUT2D eigenvalue weighted by atomic mass is 16.5. The number of nitrogens with zero attached hydrogens (tertiary/aromatic N) is 4. The first-order chi connectivity index (χ1) is 13.2. The van der Waals surface area contributed by atoms with Gasteiger partial charge in [0.1, 0.15) is 12.9 Å². The molecule has 0 saturated heterocycles.